The van der Waals surface area contributed by atoms with Crippen molar-refractivity contribution in [1.29, 1.82) is 0 Å². The van der Waals surface area contributed by atoms with Crippen molar-refractivity contribution in [3.63, 3.8) is 0 Å². The van der Waals surface area contributed by atoms with Crippen LogP contribution in [0.3, 0.4) is 0 Å². The van der Waals surface area contributed by atoms with E-state index in [2.05, 4.69) is 20.2 Å². The Morgan fingerprint density at radius 3 is 2.76 bits per heavy atom. The average Bonchev–Trinajstić information content (AvgIpc) is 2.70. The van der Waals surface area contributed by atoms with Gasteiger partial charge in [-0.1, -0.05) is 0 Å². The monoisotopic (exact) mass is 235 g/mol. The molecule has 0 amide bonds. The summed E-state index contributed by atoms with van der Waals surface area (Å²) in [7, 11) is 0. The van der Waals surface area contributed by atoms with Gasteiger partial charge in [0.25, 0.3) is 5.88 Å². The fraction of sp³-hybridized carbons (Fsp3) is 0.300. The van der Waals surface area contributed by atoms with E-state index < -0.39 is 0 Å². The molecule has 3 N–H and O–H groups in total. The molecule has 0 unspecified atom stereocenters. The molecule has 0 spiro atoms. The first-order chi connectivity index (χ1) is 8.20. The van der Waals surface area contributed by atoms with Crippen LogP contribution in [-0.4, -0.2) is 26.8 Å². The van der Waals surface area contributed by atoms with Crippen LogP contribution in [0.25, 0.3) is 0 Å². The van der Waals surface area contributed by atoms with E-state index >= 15 is 0 Å². The second kappa shape index (κ2) is 4.69. The zero-order valence-electron chi connectivity index (χ0n) is 9.60. The van der Waals surface area contributed by atoms with Crippen molar-refractivity contribution in [3.8, 4) is 17.6 Å². The number of ether oxygens (including phenoxy) is 2. The van der Waals surface area contributed by atoms with Gasteiger partial charge in [0.15, 0.2) is 5.69 Å². The molecule has 0 saturated carbocycles. The van der Waals surface area contributed by atoms with Crippen molar-refractivity contribution < 1.29 is 9.47 Å². The van der Waals surface area contributed by atoms with E-state index in [1.807, 2.05) is 13.8 Å². The standard InChI is InChI=1S/C10H13N5O2/c1-3-16-9-8(11)10(13-5-12-9)17-7-4-6(2)14-15-7/h4-5H,3,11H2,1-2H3,(H,14,15). The Balaban J connectivity index is 2.23. The second-order valence-corrected chi connectivity index (χ2v) is 3.32. The molecule has 0 aliphatic carbocycles. The fourth-order valence-electron chi connectivity index (χ4n) is 1.24. The predicted molar refractivity (Wildman–Crippen MR) is 61.0 cm³/mol. The quantitative estimate of drug-likeness (QED) is 0.828. The van der Waals surface area contributed by atoms with E-state index in [1.54, 1.807) is 6.07 Å². The SMILES string of the molecule is CCOc1ncnc(Oc2cc(C)[nH]n2)c1N. The number of nitrogens with two attached hydrogens (primary N) is 1. The summed E-state index contributed by atoms with van der Waals surface area (Å²) in [5.41, 5.74) is 6.96. The van der Waals surface area contributed by atoms with Gasteiger partial charge >= 0.3 is 0 Å². The van der Waals surface area contributed by atoms with E-state index in [-0.39, 0.29) is 11.6 Å². The van der Waals surface area contributed by atoms with E-state index in [0.29, 0.717) is 18.4 Å². The molecule has 0 radical (unpaired) electrons. The van der Waals surface area contributed by atoms with Crippen LogP contribution in [-0.2, 0) is 0 Å². The molecule has 0 fully saturated rings. The number of aromatic nitrogens is 4. The first-order valence-corrected chi connectivity index (χ1v) is 5.14. The van der Waals surface area contributed by atoms with Crippen LogP contribution in [0.1, 0.15) is 12.6 Å². The van der Waals surface area contributed by atoms with Crippen LogP contribution in [0, 0.1) is 6.92 Å². The van der Waals surface area contributed by atoms with E-state index in [1.165, 1.54) is 6.33 Å². The number of anilines is 1. The third kappa shape index (κ3) is 2.44. The van der Waals surface area contributed by atoms with Gasteiger partial charge in [0, 0.05) is 11.8 Å². The zero-order valence-corrected chi connectivity index (χ0v) is 9.60. The van der Waals surface area contributed by atoms with Crippen molar-refractivity contribution in [2.45, 2.75) is 13.8 Å². The smallest absolute Gasteiger partial charge is 0.251 e. The summed E-state index contributed by atoms with van der Waals surface area (Å²) in [6.45, 7) is 4.19. The minimum atomic E-state index is 0.231. The maximum absolute atomic E-state index is 5.81. The molecule has 2 rings (SSSR count). The summed E-state index contributed by atoms with van der Waals surface area (Å²) in [6.07, 6.45) is 1.33. The van der Waals surface area contributed by atoms with E-state index in [4.69, 9.17) is 15.2 Å². The van der Waals surface area contributed by atoms with Gasteiger partial charge in [-0.2, -0.15) is 9.97 Å². The van der Waals surface area contributed by atoms with Crippen molar-refractivity contribution in [2.75, 3.05) is 12.3 Å². The van der Waals surface area contributed by atoms with E-state index in [9.17, 15) is 0 Å². The maximum atomic E-state index is 5.81. The Labute approximate surface area is 98.0 Å². The lowest BCUT2D eigenvalue weighted by Crippen LogP contribution is -2.03. The second-order valence-electron chi connectivity index (χ2n) is 3.32. The lowest BCUT2D eigenvalue weighted by Gasteiger charge is -2.08. The van der Waals surface area contributed by atoms with Crippen LogP contribution in [0.5, 0.6) is 17.6 Å². The zero-order chi connectivity index (χ0) is 12.3. The molecular formula is C10H13N5O2. The minimum absolute atomic E-state index is 0.231. The highest BCUT2D eigenvalue weighted by atomic mass is 16.5. The molecule has 2 aromatic heterocycles. The van der Waals surface area contributed by atoms with Gasteiger partial charge in [0.2, 0.25) is 11.8 Å². The predicted octanol–water partition coefficient (Wildman–Crippen LogP) is 1.28. The molecule has 0 bridgehead atoms. The number of hydrogen-bond donors (Lipinski definition) is 2. The Kier molecular flexibility index (Phi) is 3.08. The first-order valence-electron chi connectivity index (χ1n) is 5.14. The topological polar surface area (TPSA) is 98.9 Å². The van der Waals surface area contributed by atoms with Crippen LogP contribution < -0.4 is 15.2 Å². The number of aryl methyl sites for hydroxylation is 1. The van der Waals surface area contributed by atoms with Crippen molar-refractivity contribution in [2.24, 2.45) is 0 Å². The Bertz CT molecular complexity index is 511. The molecule has 2 aromatic rings. The molecular weight excluding hydrogens is 222 g/mol. The molecule has 2 heterocycles. The van der Waals surface area contributed by atoms with Gasteiger partial charge in [-0.05, 0) is 13.8 Å². The number of nitrogen functional groups attached to an aromatic ring is 1. The molecule has 0 atom stereocenters. The largest absolute Gasteiger partial charge is 0.476 e. The summed E-state index contributed by atoms with van der Waals surface area (Å²) in [5.74, 6) is 0.940. The highest BCUT2D eigenvalue weighted by molar-refractivity contribution is 5.56. The molecule has 17 heavy (non-hydrogen) atoms. The van der Waals surface area contributed by atoms with Crippen LogP contribution in [0.15, 0.2) is 12.4 Å². The van der Waals surface area contributed by atoms with Crippen LogP contribution in [0.4, 0.5) is 5.69 Å². The summed E-state index contributed by atoms with van der Waals surface area (Å²) >= 11 is 0. The van der Waals surface area contributed by atoms with Crippen molar-refractivity contribution in [1.82, 2.24) is 20.2 Å². The number of aromatic amines is 1. The number of H-pyrrole nitrogens is 1. The summed E-state index contributed by atoms with van der Waals surface area (Å²) in [6, 6.07) is 1.74. The number of nitrogens with zero attached hydrogens (tertiary/aromatic N) is 3. The maximum Gasteiger partial charge on any atom is 0.251 e. The minimum Gasteiger partial charge on any atom is -0.476 e. The van der Waals surface area contributed by atoms with Crippen molar-refractivity contribution >= 4 is 5.69 Å². The Morgan fingerprint density at radius 1 is 1.35 bits per heavy atom. The molecule has 7 heteroatoms. The van der Waals surface area contributed by atoms with Gasteiger partial charge in [-0.25, -0.2) is 0 Å². The normalized spacial score (nSPS) is 10.2. The lowest BCUT2D eigenvalue weighted by molar-refractivity contribution is 0.325. The number of nitrogens with one attached hydrogen (secondary N) is 1. The average molecular weight is 235 g/mol. The molecule has 0 aliphatic heterocycles. The first kappa shape index (κ1) is 11.2. The Hall–Kier alpha value is -2.31. The van der Waals surface area contributed by atoms with Gasteiger partial charge in [0.1, 0.15) is 6.33 Å². The van der Waals surface area contributed by atoms with Gasteiger partial charge in [-0.3, -0.25) is 5.10 Å². The van der Waals surface area contributed by atoms with Gasteiger partial charge in [-0.15, -0.1) is 5.10 Å². The van der Waals surface area contributed by atoms with Gasteiger partial charge < -0.3 is 15.2 Å². The molecule has 0 saturated heterocycles. The lowest BCUT2D eigenvalue weighted by atomic mass is 10.5. The number of hydrogen-bond acceptors (Lipinski definition) is 6. The third-order valence-electron chi connectivity index (χ3n) is 1.98. The third-order valence-corrected chi connectivity index (χ3v) is 1.98. The van der Waals surface area contributed by atoms with E-state index in [0.717, 1.165) is 5.69 Å². The van der Waals surface area contributed by atoms with Crippen molar-refractivity contribution in [3.05, 3.63) is 18.1 Å². The van der Waals surface area contributed by atoms with Gasteiger partial charge in [0.05, 0.1) is 6.61 Å². The fourth-order valence-corrected chi connectivity index (χ4v) is 1.24. The molecule has 90 valence electrons. The highest BCUT2D eigenvalue weighted by Gasteiger charge is 2.12. The molecule has 0 aromatic carbocycles. The van der Waals surface area contributed by atoms with Crippen LogP contribution >= 0.6 is 0 Å². The summed E-state index contributed by atoms with van der Waals surface area (Å²) < 4.78 is 10.7. The highest BCUT2D eigenvalue weighted by Crippen LogP contribution is 2.29. The summed E-state index contributed by atoms with van der Waals surface area (Å²) in [5, 5.41) is 6.68. The number of rotatable bonds is 4. The molecule has 0 aliphatic rings. The Morgan fingerprint density at radius 2 is 2.12 bits per heavy atom. The molecule has 7 nitrogen and oxygen atoms in total. The summed E-state index contributed by atoms with van der Waals surface area (Å²) in [4.78, 5) is 7.84. The van der Waals surface area contributed by atoms with Crippen LogP contribution in [0.2, 0.25) is 0 Å².